The van der Waals surface area contributed by atoms with Crippen molar-refractivity contribution in [2.75, 3.05) is 33.5 Å². The maximum Gasteiger partial charge on any atom is 0.251 e. The number of methoxy groups -OCH3 is 1. The molecule has 0 radical (unpaired) electrons. The molecule has 1 rings (SSSR count). The fourth-order valence-corrected chi connectivity index (χ4v) is 1.44. The number of ether oxygens (including phenoxy) is 2. The molecular formula is C12H21N3O3. The SMILES string of the molecule is CCNCc1cc(=O)[nH]c(CCOCCOC)n1. The van der Waals surface area contributed by atoms with Crippen LogP contribution in [0.25, 0.3) is 0 Å². The van der Waals surface area contributed by atoms with Crippen molar-refractivity contribution in [1.29, 1.82) is 0 Å². The van der Waals surface area contributed by atoms with E-state index in [1.807, 2.05) is 6.92 Å². The summed E-state index contributed by atoms with van der Waals surface area (Å²) in [5.41, 5.74) is 0.636. The number of nitrogens with one attached hydrogen (secondary N) is 2. The number of rotatable bonds is 9. The Hall–Kier alpha value is -1.24. The van der Waals surface area contributed by atoms with Gasteiger partial charge in [0.1, 0.15) is 5.82 Å². The number of nitrogens with zero attached hydrogens (tertiary/aromatic N) is 1. The van der Waals surface area contributed by atoms with Gasteiger partial charge in [-0.15, -0.1) is 0 Å². The van der Waals surface area contributed by atoms with Gasteiger partial charge in [0.05, 0.1) is 25.5 Å². The van der Waals surface area contributed by atoms with E-state index in [4.69, 9.17) is 9.47 Å². The van der Waals surface area contributed by atoms with Gasteiger partial charge in [-0.1, -0.05) is 6.92 Å². The zero-order chi connectivity index (χ0) is 13.2. The standard InChI is InChI=1S/C12H21N3O3/c1-3-13-9-10-8-12(16)15-11(14-10)4-5-18-7-6-17-2/h8,13H,3-7,9H2,1-2H3,(H,14,15,16). The van der Waals surface area contributed by atoms with Crippen molar-refractivity contribution in [2.45, 2.75) is 19.9 Å². The molecule has 0 aliphatic heterocycles. The summed E-state index contributed by atoms with van der Waals surface area (Å²) in [4.78, 5) is 18.5. The molecule has 2 N–H and O–H groups in total. The van der Waals surface area contributed by atoms with Crippen LogP contribution < -0.4 is 10.9 Å². The molecule has 18 heavy (non-hydrogen) atoms. The summed E-state index contributed by atoms with van der Waals surface area (Å²) < 4.78 is 10.2. The highest BCUT2D eigenvalue weighted by Gasteiger charge is 2.01. The maximum atomic E-state index is 11.4. The number of aromatic amines is 1. The summed E-state index contributed by atoms with van der Waals surface area (Å²) in [6.07, 6.45) is 0.596. The highest BCUT2D eigenvalue weighted by atomic mass is 16.5. The Bertz CT molecular complexity index is 392. The van der Waals surface area contributed by atoms with Crippen LogP contribution in [0.5, 0.6) is 0 Å². The molecule has 6 heteroatoms. The average molecular weight is 255 g/mol. The van der Waals surface area contributed by atoms with Crippen LogP contribution in [0.3, 0.4) is 0 Å². The Balaban J connectivity index is 2.44. The molecule has 0 atom stereocenters. The van der Waals surface area contributed by atoms with Gasteiger partial charge in [0.25, 0.3) is 5.56 Å². The van der Waals surface area contributed by atoms with Crippen molar-refractivity contribution in [1.82, 2.24) is 15.3 Å². The van der Waals surface area contributed by atoms with E-state index in [2.05, 4.69) is 15.3 Å². The Kier molecular flexibility index (Phi) is 7.24. The van der Waals surface area contributed by atoms with Crippen LogP contribution in [-0.2, 0) is 22.4 Å². The van der Waals surface area contributed by atoms with Crippen LogP contribution in [0.1, 0.15) is 18.4 Å². The molecular weight excluding hydrogens is 234 g/mol. The van der Waals surface area contributed by atoms with Crippen LogP contribution >= 0.6 is 0 Å². The minimum atomic E-state index is -0.121. The first kappa shape index (κ1) is 14.8. The van der Waals surface area contributed by atoms with Gasteiger partial charge in [0.15, 0.2) is 0 Å². The molecule has 102 valence electrons. The predicted molar refractivity (Wildman–Crippen MR) is 68.6 cm³/mol. The van der Waals surface area contributed by atoms with Gasteiger partial charge in [-0.2, -0.15) is 0 Å². The first-order valence-electron chi connectivity index (χ1n) is 6.12. The summed E-state index contributed by atoms with van der Waals surface area (Å²) in [6.45, 7) is 5.12. The molecule has 1 heterocycles. The first-order valence-corrected chi connectivity index (χ1v) is 6.12. The number of H-pyrrole nitrogens is 1. The molecule has 0 aliphatic rings. The van der Waals surface area contributed by atoms with Gasteiger partial charge >= 0.3 is 0 Å². The molecule has 6 nitrogen and oxygen atoms in total. The lowest BCUT2D eigenvalue weighted by atomic mass is 10.3. The molecule has 0 saturated heterocycles. The third-order valence-corrected chi connectivity index (χ3v) is 2.31. The van der Waals surface area contributed by atoms with Crippen LogP contribution in [0.15, 0.2) is 10.9 Å². The second-order valence-corrected chi connectivity index (χ2v) is 3.82. The Labute approximate surface area is 107 Å². The maximum absolute atomic E-state index is 11.4. The molecule has 0 bridgehead atoms. The minimum Gasteiger partial charge on any atom is -0.382 e. The van der Waals surface area contributed by atoms with Gasteiger partial charge in [0, 0.05) is 26.1 Å². The lowest BCUT2D eigenvalue weighted by molar-refractivity contribution is 0.0716. The van der Waals surface area contributed by atoms with E-state index in [1.54, 1.807) is 7.11 Å². The highest BCUT2D eigenvalue weighted by Crippen LogP contribution is 1.94. The summed E-state index contributed by atoms with van der Waals surface area (Å²) in [7, 11) is 1.63. The van der Waals surface area contributed by atoms with Crippen molar-refractivity contribution in [3.63, 3.8) is 0 Å². The van der Waals surface area contributed by atoms with Crippen LogP contribution in [0.2, 0.25) is 0 Å². The van der Waals surface area contributed by atoms with E-state index in [9.17, 15) is 4.79 Å². The summed E-state index contributed by atoms with van der Waals surface area (Å²) in [5, 5.41) is 3.14. The molecule has 1 aromatic rings. The summed E-state index contributed by atoms with van der Waals surface area (Å²) in [5.74, 6) is 0.660. The lowest BCUT2D eigenvalue weighted by Gasteiger charge is -2.05. The normalized spacial score (nSPS) is 10.8. The Morgan fingerprint density at radius 1 is 1.39 bits per heavy atom. The zero-order valence-corrected chi connectivity index (χ0v) is 11.0. The van der Waals surface area contributed by atoms with Crippen molar-refractivity contribution in [3.05, 3.63) is 27.9 Å². The van der Waals surface area contributed by atoms with Crippen molar-refractivity contribution >= 4 is 0 Å². The predicted octanol–water partition coefficient (Wildman–Crippen LogP) is 0.0849. The quantitative estimate of drug-likeness (QED) is 0.611. The van der Waals surface area contributed by atoms with E-state index in [1.165, 1.54) is 6.07 Å². The molecule has 0 amide bonds. The smallest absolute Gasteiger partial charge is 0.251 e. The molecule has 1 aromatic heterocycles. The van der Waals surface area contributed by atoms with Crippen molar-refractivity contribution in [3.8, 4) is 0 Å². The highest BCUT2D eigenvalue weighted by molar-refractivity contribution is 5.02. The van der Waals surface area contributed by atoms with Crippen LogP contribution in [0, 0.1) is 0 Å². The van der Waals surface area contributed by atoms with E-state index < -0.39 is 0 Å². The van der Waals surface area contributed by atoms with E-state index in [-0.39, 0.29) is 5.56 Å². The van der Waals surface area contributed by atoms with Gasteiger partial charge in [-0.05, 0) is 6.54 Å². The van der Waals surface area contributed by atoms with E-state index in [0.29, 0.717) is 38.6 Å². The topological polar surface area (TPSA) is 76.2 Å². The largest absolute Gasteiger partial charge is 0.382 e. The zero-order valence-electron chi connectivity index (χ0n) is 11.0. The first-order chi connectivity index (χ1) is 8.76. The molecule has 0 spiro atoms. The van der Waals surface area contributed by atoms with Crippen molar-refractivity contribution < 1.29 is 9.47 Å². The number of hydrogen-bond acceptors (Lipinski definition) is 5. The molecule has 0 aromatic carbocycles. The summed E-state index contributed by atoms with van der Waals surface area (Å²) in [6, 6.07) is 1.51. The van der Waals surface area contributed by atoms with E-state index >= 15 is 0 Å². The van der Waals surface area contributed by atoms with Crippen LogP contribution in [-0.4, -0.2) is 43.4 Å². The van der Waals surface area contributed by atoms with Gasteiger partial charge < -0.3 is 19.8 Å². The molecule has 0 fully saturated rings. The average Bonchev–Trinajstić information content (AvgIpc) is 2.35. The second kappa shape index (κ2) is 8.79. The second-order valence-electron chi connectivity index (χ2n) is 3.82. The Morgan fingerprint density at radius 3 is 2.94 bits per heavy atom. The Morgan fingerprint density at radius 2 is 2.22 bits per heavy atom. The molecule has 0 saturated carbocycles. The number of hydrogen-bond donors (Lipinski definition) is 2. The molecule has 0 unspecified atom stereocenters. The number of aromatic nitrogens is 2. The molecule has 0 aliphatic carbocycles. The van der Waals surface area contributed by atoms with Crippen molar-refractivity contribution in [2.24, 2.45) is 0 Å². The van der Waals surface area contributed by atoms with Gasteiger partial charge in [-0.25, -0.2) is 4.98 Å². The van der Waals surface area contributed by atoms with Gasteiger partial charge in [0.2, 0.25) is 0 Å². The fraction of sp³-hybridized carbons (Fsp3) is 0.667. The minimum absolute atomic E-state index is 0.121. The lowest BCUT2D eigenvalue weighted by Crippen LogP contribution is -2.19. The third kappa shape index (κ3) is 5.90. The van der Waals surface area contributed by atoms with E-state index in [0.717, 1.165) is 12.2 Å². The fourth-order valence-electron chi connectivity index (χ4n) is 1.44. The monoisotopic (exact) mass is 255 g/mol. The van der Waals surface area contributed by atoms with Gasteiger partial charge in [-0.3, -0.25) is 4.79 Å². The van der Waals surface area contributed by atoms with Crippen LogP contribution in [0.4, 0.5) is 0 Å². The summed E-state index contributed by atoms with van der Waals surface area (Å²) >= 11 is 0. The third-order valence-electron chi connectivity index (χ3n) is 2.31.